The zero-order chi connectivity index (χ0) is 21.7. The number of cyclic esters (lactones) is 1. The number of benzene rings is 2. The lowest BCUT2D eigenvalue weighted by molar-refractivity contribution is -0.119. The van der Waals surface area contributed by atoms with Crippen LogP contribution in [0.1, 0.15) is 12.5 Å². The van der Waals surface area contributed by atoms with Gasteiger partial charge in [0.05, 0.1) is 18.8 Å². The van der Waals surface area contributed by atoms with E-state index in [9.17, 15) is 18.4 Å². The maximum absolute atomic E-state index is 14.8. The molecule has 1 atom stereocenters. The molecule has 0 aliphatic carbocycles. The minimum Gasteiger partial charge on any atom is -0.442 e. The molecular weight excluding hydrogens is 392 g/mol. The number of nitrogens with zero attached hydrogens (tertiary/aromatic N) is 1. The average Bonchev–Trinajstić information content (AvgIpc) is 3.07. The summed E-state index contributed by atoms with van der Waals surface area (Å²) in [5, 5.41) is 5.51. The fraction of sp³-hybridized carbons (Fsp3) is 0.273. The number of hydrogen-bond donors (Lipinski definition) is 2. The number of rotatable bonds is 8. The van der Waals surface area contributed by atoms with Gasteiger partial charge in [-0.3, -0.25) is 9.69 Å². The van der Waals surface area contributed by atoms with Crippen molar-refractivity contribution in [1.29, 1.82) is 0 Å². The summed E-state index contributed by atoms with van der Waals surface area (Å²) in [4.78, 5) is 24.4. The summed E-state index contributed by atoms with van der Waals surface area (Å²) in [6.07, 6.45) is -1.06. The summed E-state index contributed by atoms with van der Waals surface area (Å²) in [6, 6.07) is 11.8. The summed E-state index contributed by atoms with van der Waals surface area (Å²) in [5.41, 5.74) is 2.41. The largest absolute Gasteiger partial charge is 0.442 e. The molecule has 1 aliphatic heterocycles. The number of halogens is 2. The molecule has 2 aromatic carbocycles. The minimum atomic E-state index is -0.578. The molecule has 0 bridgehead atoms. The van der Waals surface area contributed by atoms with Crippen LogP contribution in [0.4, 0.5) is 19.3 Å². The van der Waals surface area contributed by atoms with Crippen molar-refractivity contribution in [2.24, 2.45) is 0 Å². The van der Waals surface area contributed by atoms with Crippen LogP contribution in [-0.2, 0) is 16.1 Å². The summed E-state index contributed by atoms with van der Waals surface area (Å²) in [5.74, 6) is -1.11. The first-order chi connectivity index (χ1) is 14.3. The van der Waals surface area contributed by atoms with Crippen molar-refractivity contribution in [2.45, 2.75) is 19.6 Å². The minimum absolute atomic E-state index is 0.0858. The van der Waals surface area contributed by atoms with E-state index in [4.69, 9.17) is 4.74 Å². The molecule has 1 heterocycles. The number of nitrogens with one attached hydrogen (secondary N) is 2. The standard InChI is InChI=1S/C22H23F2N3O3/c1-14(23)10-25-11-16-3-5-17(6-4-16)20-8-7-18(9-21(20)24)27-13-19(30-22(27)29)12-26-15(2)28/h3-9,19,25H,1,10-13H2,2H3,(H,26,28)/t19-/m0/s1. The Hall–Kier alpha value is -3.26. The van der Waals surface area contributed by atoms with Crippen LogP contribution < -0.4 is 15.5 Å². The third-order valence-corrected chi connectivity index (χ3v) is 4.63. The molecule has 0 aromatic heterocycles. The van der Waals surface area contributed by atoms with Gasteiger partial charge in [0.1, 0.15) is 17.7 Å². The molecule has 1 fully saturated rings. The molecule has 2 aromatic rings. The number of anilines is 1. The van der Waals surface area contributed by atoms with Crippen LogP contribution in [0.3, 0.4) is 0 Å². The SMILES string of the molecule is C=C(F)CNCc1ccc(-c2ccc(N3C[C@H](CNC(C)=O)OC3=O)cc2F)cc1. The van der Waals surface area contributed by atoms with E-state index in [-0.39, 0.29) is 25.5 Å². The van der Waals surface area contributed by atoms with Gasteiger partial charge in [0, 0.05) is 25.6 Å². The third kappa shape index (κ3) is 5.42. The second kappa shape index (κ2) is 9.49. The number of hydrogen-bond acceptors (Lipinski definition) is 4. The quantitative estimate of drug-likeness (QED) is 0.692. The first kappa shape index (κ1) is 21.4. The fourth-order valence-electron chi connectivity index (χ4n) is 3.15. The van der Waals surface area contributed by atoms with Crippen molar-refractivity contribution in [2.75, 3.05) is 24.5 Å². The van der Waals surface area contributed by atoms with Gasteiger partial charge in [-0.25, -0.2) is 13.6 Å². The summed E-state index contributed by atoms with van der Waals surface area (Å²) in [7, 11) is 0. The highest BCUT2D eigenvalue weighted by Crippen LogP contribution is 2.29. The van der Waals surface area contributed by atoms with Crippen LogP contribution in [0.25, 0.3) is 11.1 Å². The molecular formula is C22H23F2N3O3. The van der Waals surface area contributed by atoms with Crippen LogP contribution in [-0.4, -0.2) is 37.7 Å². The topological polar surface area (TPSA) is 70.7 Å². The van der Waals surface area contributed by atoms with Crippen molar-refractivity contribution in [3.8, 4) is 11.1 Å². The van der Waals surface area contributed by atoms with E-state index in [1.807, 2.05) is 12.1 Å². The van der Waals surface area contributed by atoms with E-state index in [1.54, 1.807) is 24.3 Å². The lowest BCUT2D eigenvalue weighted by Crippen LogP contribution is -2.33. The molecule has 0 unspecified atom stereocenters. The molecule has 30 heavy (non-hydrogen) atoms. The maximum Gasteiger partial charge on any atom is 0.414 e. The molecule has 0 spiro atoms. The van der Waals surface area contributed by atoms with Crippen LogP contribution in [0.2, 0.25) is 0 Å². The monoisotopic (exact) mass is 415 g/mol. The van der Waals surface area contributed by atoms with Gasteiger partial charge in [0.2, 0.25) is 5.91 Å². The summed E-state index contributed by atoms with van der Waals surface area (Å²) in [6.45, 7) is 5.57. The van der Waals surface area contributed by atoms with Gasteiger partial charge in [0.15, 0.2) is 0 Å². The van der Waals surface area contributed by atoms with Gasteiger partial charge >= 0.3 is 6.09 Å². The van der Waals surface area contributed by atoms with Crippen LogP contribution in [0.5, 0.6) is 0 Å². The van der Waals surface area contributed by atoms with E-state index < -0.39 is 23.8 Å². The number of carbonyl (C=O) groups is 2. The Balaban J connectivity index is 1.67. The molecule has 3 rings (SSSR count). The van der Waals surface area contributed by atoms with Gasteiger partial charge in [-0.1, -0.05) is 30.8 Å². The molecule has 0 radical (unpaired) electrons. The van der Waals surface area contributed by atoms with Crippen LogP contribution >= 0.6 is 0 Å². The highest BCUT2D eigenvalue weighted by Gasteiger charge is 2.32. The lowest BCUT2D eigenvalue weighted by atomic mass is 10.0. The van der Waals surface area contributed by atoms with Gasteiger partial charge in [0.25, 0.3) is 0 Å². The van der Waals surface area contributed by atoms with Gasteiger partial charge in [-0.05, 0) is 29.3 Å². The van der Waals surface area contributed by atoms with E-state index >= 15 is 0 Å². The Labute approximate surface area is 173 Å². The third-order valence-electron chi connectivity index (χ3n) is 4.63. The van der Waals surface area contributed by atoms with Crippen LogP contribution in [0, 0.1) is 5.82 Å². The predicted molar refractivity (Wildman–Crippen MR) is 110 cm³/mol. The number of ether oxygens (including phenoxy) is 1. The first-order valence-electron chi connectivity index (χ1n) is 9.49. The fourth-order valence-corrected chi connectivity index (χ4v) is 3.15. The van der Waals surface area contributed by atoms with E-state index in [0.717, 1.165) is 5.56 Å². The van der Waals surface area contributed by atoms with Crippen molar-refractivity contribution in [1.82, 2.24) is 10.6 Å². The molecule has 8 heteroatoms. The summed E-state index contributed by atoms with van der Waals surface area (Å²) < 4.78 is 32.6. The molecule has 158 valence electrons. The second-order valence-electron chi connectivity index (χ2n) is 7.04. The molecule has 2 amide bonds. The van der Waals surface area contributed by atoms with Crippen molar-refractivity contribution in [3.63, 3.8) is 0 Å². The Bertz CT molecular complexity index is 947. The smallest absolute Gasteiger partial charge is 0.414 e. The Morgan fingerprint density at radius 1 is 1.27 bits per heavy atom. The zero-order valence-electron chi connectivity index (χ0n) is 16.6. The first-order valence-corrected chi connectivity index (χ1v) is 9.49. The van der Waals surface area contributed by atoms with Crippen LogP contribution in [0.15, 0.2) is 54.9 Å². The highest BCUT2D eigenvalue weighted by atomic mass is 19.1. The maximum atomic E-state index is 14.8. The van der Waals surface area contributed by atoms with Gasteiger partial charge < -0.3 is 15.4 Å². The Morgan fingerprint density at radius 2 is 2.00 bits per heavy atom. The second-order valence-corrected chi connectivity index (χ2v) is 7.04. The van der Waals surface area contributed by atoms with Crippen molar-refractivity contribution < 1.29 is 23.1 Å². The Morgan fingerprint density at radius 3 is 2.63 bits per heavy atom. The number of carbonyl (C=O) groups excluding carboxylic acids is 2. The predicted octanol–water partition coefficient (Wildman–Crippen LogP) is 3.53. The van der Waals surface area contributed by atoms with Crippen molar-refractivity contribution in [3.05, 3.63) is 66.3 Å². The normalized spacial score (nSPS) is 15.8. The van der Waals surface area contributed by atoms with E-state index in [2.05, 4.69) is 17.2 Å². The molecule has 1 aliphatic rings. The number of amides is 2. The molecule has 1 saturated heterocycles. The van der Waals surface area contributed by atoms with Gasteiger partial charge in [-0.2, -0.15) is 0 Å². The zero-order valence-corrected chi connectivity index (χ0v) is 16.6. The lowest BCUT2D eigenvalue weighted by Gasteiger charge is -2.15. The molecule has 2 N–H and O–H groups in total. The molecule has 0 saturated carbocycles. The highest BCUT2D eigenvalue weighted by molar-refractivity contribution is 5.90. The Kier molecular flexibility index (Phi) is 6.79. The molecule has 6 nitrogen and oxygen atoms in total. The van der Waals surface area contributed by atoms with Gasteiger partial charge in [-0.15, -0.1) is 0 Å². The van der Waals surface area contributed by atoms with E-state index in [1.165, 1.54) is 17.9 Å². The van der Waals surface area contributed by atoms with Crippen molar-refractivity contribution >= 4 is 17.7 Å². The van der Waals surface area contributed by atoms with E-state index in [0.29, 0.717) is 23.4 Å². The average molecular weight is 415 g/mol. The summed E-state index contributed by atoms with van der Waals surface area (Å²) >= 11 is 0.